The lowest BCUT2D eigenvalue weighted by Gasteiger charge is -2.20. The fourth-order valence-electron chi connectivity index (χ4n) is 2.93. The number of carbonyl (C=O) groups excluding carboxylic acids is 2. The standard InChI is InChI=1S/C18H23N5O2/c1-12(14-3-5-16-15(9-14)4-6-17(24)22-16)21-18(25)19-8-7-13-10-20-23(2)11-13/h3,5,9-12H,4,6-8H2,1-2H3,(H,22,24)(H2,19,21,25)/t12-/m0/s1. The summed E-state index contributed by atoms with van der Waals surface area (Å²) in [5.41, 5.74) is 4.10. The van der Waals surface area contributed by atoms with Crippen LogP contribution in [0.4, 0.5) is 10.5 Å². The molecule has 1 aromatic carbocycles. The summed E-state index contributed by atoms with van der Waals surface area (Å²) in [7, 11) is 1.87. The number of aryl methyl sites for hydroxylation is 2. The highest BCUT2D eigenvalue weighted by molar-refractivity contribution is 5.93. The van der Waals surface area contributed by atoms with Crippen molar-refractivity contribution in [1.29, 1.82) is 0 Å². The van der Waals surface area contributed by atoms with E-state index in [9.17, 15) is 9.59 Å². The van der Waals surface area contributed by atoms with E-state index >= 15 is 0 Å². The Labute approximate surface area is 146 Å². The fraction of sp³-hybridized carbons (Fsp3) is 0.389. The van der Waals surface area contributed by atoms with Crippen LogP contribution in [0.3, 0.4) is 0 Å². The minimum atomic E-state index is -0.192. The third-order valence-electron chi connectivity index (χ3n) is 4.33. The maximum absolute atomic E-state index is 12.1. The highest BCUT2D eigenvalue weighted by atomic mass is 16.2. The summed E-state index contributed by atoms with van der Waals surface area (Å²) in [5, 5.41) is 12.8. The molecule has 2 heterocycles. The molecule has 0 unspecified atom stereocenters. The molecule has 0 fully saturated rings. The number of fused-ring (bicyclic) bond motifs is 1. The Bertz CT molecular complexity index is 784. The van der Waals surface area contributed by atoms with Crippen LogP contribution in [0.2, 0.25) is 0 Å². The van der Waals surface area contributed by atoms with E-state index in [0.717, 1.165) is 35.2 Å². The molecule has 1 aliphatic rings. The van der Waals surface area contributed by atoms with Crippen LogP contribution < -0.4 is 16.0 Å². The quantitative estimate of drug-likeness (QED) is 0.776. The number of benzene rings is 1. The monoisotopic (exact) mass is 341 g/mol. The van der Waals surface area contributed by atoms with Crippen LogP contribution in [0.5, 0.6) is 0 Å². The molecule has 132 valence electrons. The Kier molecular flexibility index (Phi) is 5.02. The lowest BCUT2D eigenvalue weighted by molar-refractivity contribution is -0.116. The third-order valence-corrected chi connectivity index (χ3v) is 4.33. The van der Waals surface area contributed by atoms with E-state index in [-0.39, 0.29) is 18.0 Å². The number of amides is 3. The van der Waals surface area contributed by atoms with Gasteiger partial charge in [-0.05, 0) is 42.5 Å². The Morgan fingerprint density at radius 1 is 1.40 bits per heavy atom. The highest BCUT2D eigenvalue weighted by Gasteiger charge is 2.17. The number of rotatable bonds is 5. The van der Waals surface area contributed by atoms with Gasteiger partial charge < -0.3 is 16.0 Å². The Morgan fingerprint density at radius 2 is 2.24 bits per heavy atom. The summed E-state index contributed by atoms with van der Waals surface area (Å²) in [6.07, 6.45) is 5.72. The molecule has 1 aromatic heterocycles. The Hall–Kier alpha value is -2.83. The molecule has 0 spiro atoms. The number of aromatic nitrogens is 2. The number of nitrogens with one attached hydrogen (secondary N) is 3. The summed E-state index contributed by atoms with van der Waals surface area (Å²) in [6.45, 7) is 2.50. The van der Waals surface area contributed by atoms with Crippen LogP contribution in [0.15, 0.2) is 30.6 Å². The first-order chi connectivity index (χ1) is 12.0. The SMILES string of the molecule is C[C@H](NC(=O)NCCc1cnn(C)c1)c1ccc2c(c1)CCC(=O)N2. The molecule has 7 nitrogen and oxygen atoms in total. The average Bonchev–Trinajstić information content (AvgIpc) is 2.99. The number of hydrogen-bond acceptors (Lipinski definition) is 3. The normalized spacial score (nSPS) is 14.4. The van der Waals surface area contributed by atoms with Crippen LogP contribution in [0.1, 0.15) is 36.1 Å². The van der Waals surface area contributed by atoms with Crippen molar-refractivity contribution in [2.75, 3.05) is 11.9 Å². The van der Waals surface area contributed by atoms with Gasteiger partial charge in [-0.15, -0.1) is 0 Å². The molecule has 0 radical (unpaired) electrons. The zero-order chi connectivity index (χ0) is 17.8. The molecule has 3 rings (SSSR count). The van der Waals surface area contributed by atoms with E-state index in [1.807, 2.05) is 32.3 Å². The van der Waals surface area contributed by atoms with Gasteiger partial charge in [0.1, 0.15) is 0 Å². The summed E-state index contributed by atoms with van der Waals surface area (Å²) in [6, 6.07) is 5.59. The van der Waals surface area contributed by atoms with Crippen molar-refractivity contribution in [3.63, 3.8) is 0 Å². The zero-order valence-corrected chi connectivity index (χ0v) is 14.5. The Morgan fingerprint density at radius 3 is 3.00 bits per heavy atom. The minimum Gasteiger partial charge on any atom is -0.338 e. The maximum atomic E-state index is 12.1. The molecular formula is C18H23N5O2. The van der Waals surface area contributed by atoms with Gasteiger partial charge in [-0.3, -0.25) is 9.48 Å². The van der Waals surface area contributed by atoms with Crippen LogP contribution >= 0.6 is 0 Å². The average molecular weight is 341 g/mol. The van der Waals surface area contributed by atoms with Gasteiger partial charge in [0.05, 0.1) is 12.2 Å². The van der Waals surface area contributed by atoms with E-state index < -0.39 is 0 Å². The second kappa shape index (κ2) is 7.38. The summed E-state index contributed by atoms with van der Waals surface area (Å²) in [5.74, 6) is 0.0550. The maximum Gasteiger partial charge on any atom is 0.315 e. The molecular weight excluding hydrogens is 318 g/mol. The van der Waals surface area contributed by atoms with Crippen molar-refractivity contribution in [3.05, 3.63) is 47.3 Å². The molecule has 0 bridgehead atoms. The van der Waals surface area contributed by atoms with Crippen LogP contribution in [-0.2, 0) is 24.7 Å². The topological polar surface area (TPSA) is 88.1 Å². The van der Waals surface area contributed by atoms with Crippen molar-refractivity contribution in [2.24, 2.45) is 7.05 Å². The van der Waals surface area contributed by atoms with Gasteiger partial charge in [0.25, 0.3) is 0 Å². The zero-order valence-electron chi connectivity index (χ0n) is 14.5. The lowest BCUT2D eigenvalue weighted by Crippen LogP contribution is -2.38. The van der Waals surface area contributed by atoms with Crippen LogP contribution in [0.25, 0.3) is 0 Å². The molecule has 1 aliphatic heterocycles. The van der Waals surface area contributed by atoms with Crippen molar-refractivity contribution < 1.29 is 9.59 Å². The first-order valence-electron chi connectivity index (χ1n) is 8.46. The predicted octanol–water partition coefficient (Wildman–Crippen LogP) is 1.91. The number of nitrogens with zero attached hydrogens (tertiary/aromatic N) is 2. The number of urea groups is 1. The molecule has 7 heteroatoms. The van der Waals surface area contributed by atoms with E-state index in [2.05, 4.69) is 27.1 Å². The highest BCUT2D eigenvalue weighted by Crippen LogP contribution is 2.26. The fourth-order valence-corrected chi connectivity index (χ4v) is 2.93. The molecule has 0 saturated heterocycles. The van der Waals surface area contributed by atoms with Gasteiger partial charge in [-0.2, -0.15) is 5.10 Å². The Balaban J connectivity index is 1.50. The number of anilines is 1. The predicted molar refractivity (Wildman–Crippen MR) is 95.3 cm³/mol. The summed E-state index contributed by atoms with van der Waals surface area (Å²) in [4.78, 5) is 23.5. The first kappa shape index (κ1) is 17.0. The van der Waals surface area contributed by atoms with Crippen molar-refractivity contribution in [3.8, 4) is 0 Å². The first-order valence-corrected chi connectivity index (χ1v) is 8.46. The van der Waals surface area contributed by atoms with Gasteiger partial charge in [-0.25, -0.2) is 4.79 Å². The number of carbonyl (C=O) groups is 2. The van der Waals surface area contributed by atoms with Gasteiger partial charge in [0, 0.05) is 31.9 Å². The summed E-state index contributed by atoms with van der Waals surface area (Å²) < 4.78 is 1.75. The largest absolute Gasteiger partial charge is 0.338 e. The number of hydrogen-bond donors (Lipinski definition) is 3. The summed E-state index contributed by atoms with van der Waals surface area (Å²) >= 11 is 0. The van der Waals surface area contributed by atoms with E-state index in [0.29, 0.717) is 13.0 Å². The molecule has 3 amide bonds. The van der Waals surface area contributed by atoms with Crippen molar-refractivity contribution >= 4 is 17.6 Å². The van der Waals surface area contributed by atoms with E-state index in [4.69, 9.17) is 0 Å². The van der Waals surface area contributed by atoms with Gasteiger partial charge in [0.15, 0.2) is 0 Å². The molecule has 2 aromatic rings. The van der Waals surface area contributed by atoms with E-state index in [1.165, 1.54) is 0 Å². The van der Waals surface area contributed by atoms with Crippen molar-refractivity contribution in [1.82, 2.24) is 20.4 Å². The molecule has 0 aliphatic carbocycles. The van der Waals surface area contributed by atoms with Gasteiger partial charge >= 0.3 is 6.03 Å². The molecule has 25 heavy (non-hydrogen) atoms. The second-order valence-electron chi connectivity index (χ2n) is 6.36. The second-order valence-corrected chi connectivity index (χ2v) is 6.36. The smallest absolute Gasteiger partial charge is 0.315 e. The molecule has 0 saturated carbocycles. The lowest BCUT2D eigenvalue weighted by atomic mass is 9.98. The minimum absolute atomic E-state index is 0.0550. The van der Waals surface area contributed by atoms with Gasteiger partial charge in [0.2, 0.25) is 5.91 Å². The van der Waals surface area contributed by atoms with Crippen molar-refractivity contribution in [2.45, 2.75) is 32.2 Å². The molecule has 1 atom stereocenters. The van der Waals surface area contributed by atoms with Gasteiger partial charge in [-0.1, -0.05) is 12.1 Å². The van der Waals surface area contributed by atoms with E-state index in [1.54, 1.807) is 10.9 Å². The van der Waals surface area contributed by atoms with Crippen LogP contribution in [0, 0.1) is 0 Å². The van der Waals surface area contributed by atoms with Crippen LogP contribution in [-0.4, -0.2) is 28.3 Å². The third kappa shape index (κ3) is 4.37. The molecule has 3 N–H and O–H groups in total.